The SMILES string of the molecule is Cc1ccc(N=Nc2c(N)n[nH]c2C)c(Br)c1. The molecule has 0 saturated carbocycles. The molecule has 0 bridgehead atoms. The maximum absolute atomic E-state index is 5.66. The number of hydrogen-bond acceptors (Lipinski definition) is 4. The number of halogens is 1. The third-order valence-corrected chi connectivity index (χ3v) is 2.94. The second-order valence-electron chi connectivity index (χ2n) is 3.74. The third kappa shape index (κ3) is 2.52. The van der Waals surface area contributed by atoms with Crippen LogP contribution in [0.25, 0.3) is 0 Å². The number of benzene rings is 1. The zero-order valence-corrected chi connectivity index (χ0v) is 11.1. The Hall–Kier alpha value is -1.69. The van der Waals surface area contributed by atoms with E-state index >= 15 is 0 Å². The molecule has 6 heteroatoms. The molecule has 1 heterocycles. The molecular weight excluding hydrogens is 282 g/mol. The van der Waals surface area contributed by atoms with Gasteiger partial charge in [-0.15, -0.1) is 10.2 Å². The van der Waals surface area contributed by atoms with E-state index < -0.39 is 0 Å². The Morgan fingerprint density at radius 2 is 2.06 bits per heavy atom. The fourth-order valence-electron chi connectivity index (χ4n) is 1.37. The van der Waals surface area contributed by atoms with E-state index in [2.05, 4.69) is 36.4 Å². The Bertz CT molecular complexity index is 554. The molecule has 0 aliphatic heterocycles. The smallest absolute Gasteiger partial charge is 0.173 e. The highest BCUT2D eigenvalue weighted by molar-refractivity contribution is 9.10. The Morgan fingerprint density at radius 3 is 2.65 bits per heavy atom. The maximum Gasteiger partial charge on any atom is 0.173 e. The first-order chi connectivity index (χ1) is 8.08. The molecule has 0 aliphatic rings. The van der Waals surface area contributed by atoms with Crippen LogP contribution < -0.4 is 5.73 Å². The molecule has 3 N–H and O–H groups in total. The molecule has 0 aliphatic carbocycles. The predicted molar refractivity (Wildman–Crippen MR) is 70.8 cm³/mol. The zero-order valence-electron chi connectivity index (χ0n) is 9.53. The Kier molecular flexibility index (Phi) is 3.23. The standard InChI is InChI=1S/C11H12BrN5/c1-6-3-4-9(8(12)5-6)15-16-10-7(2)14-17-11(10)13/h3-5H,1-2H3,(H3,13,14,17). The number of hydrogen-bond donors (Lipinski definition) is 2. The van der Waals surface area contributed by atoms with Gasteiger partial charge in [0, 0.05) is 4.47 Å². The van der Waals surface area contributed by atoms with E-state index in [-0.39, 0.29) is 0 Å². The van der Waals surface area contributed by atoms with Gasteiger partial charge in [-0.2, -0.15) is 5.10 Å². The summed E-state index contributed by atoms with van der Waals surface area (Å²) < 4.78 is 0.904. The van der Waals surface area contributed by atoms with E-state index in [0.717, 1.165) is 21.4 Å². The molecule has 0 unspecified atom stereocenters. The summed E-state index contributed by atoms with van der Waals surface area (Å²) in [7, 11) is 0. The fraction of sp³-hybridized carbons (Fsp3) is 0.182. The highest BCUT2D eigenvalue weighted by Gasteiger charge is 2.06. The second kappa shape index (κ2) is 4.67. The summed E-state index contributed by atoms with van der Waals surface area (Å²) >= 11 is 3.44. The number of nitrogens with zero attached hydrogens (tertiary/aromatic N) is 3. The maximum atomic E-state index is 5.66. The number of aryl methyl sites for hydroxylation is 2. The summed E-state index contributed by atoms with van der Waals surface area (Å²) in [5.74, 6) is 0.356. The van der Waals surface area contributed by atoms with Crippen molar-refractivity contribution in [2.75, 3.05) is 5.73 Å². The first-order valence-corrected chi connectivity index (χ1v) is 5.85. The molecule has 0 radical (unpaired) electrons. The molecule has 0 saturated heterocycles. The van der Waals surface area contributed by atoms with Crippen LogP contribution in [0.1, 0.15) is 11.3 Å². The number of nitrogens with one attached hydrogen (secondary N) is 1. The molecule has 0 fully saturated rings. The lowest BCUT2D eigenvalue weighted by Gasteiger charge is -1.98. The van der Waals surface area contributed by atoms with Crippen LogP contribution in [-0.4, -0.2) is 10.2 Å². The lowest BCUT2D eigenvalue weighted by molar-refractivity contribution is 1.05. The van der Waals surface area contributed by atoms with Gasteiger partial charge in [-0.3, -0.25) is 5.10 Å². The summed E-state index contributed by atoms with van der Waals surface area (Å²) in [6, 6.07) is 5.86. The van der Waals surface area contributed by atoms with Gasteiger partial charge in [-0.05, 0) is 47.5 Å². The Labute approximate surface area is 107 Å². The molecule has 1 aromatic heterocycles. The highest BCUT2D eigenvalue weighted by atomic mass is 79.9. The Morgan fingerprint density at radius 1 is 1.29 bits per heavy atom. The van der Waals surface area contributed by atoms with E-state index in [0.29, 0.717) is 11.5 Å². The van der Waals surface area contributed by atoms with Crippen molar-refractivity contribution in [1.82, 2.24) is 10.2 Å². The van der Waals surface area contributed by atoms with E-state index in [4.69, 9.17) is 5.73 Å². The van der Waals surface area contributed by atoms with Gasteiger partial charge < -0.3 is 5.73 Å². The van der Waals surface area contributed by atoms with Gasteiger partial charge in [-0.25, -0.2) is 0 Å². The number of rotatable bonds is 2. The second-order valence-corrected chi connectivity index (χ2v) is 4.59. The molecule has 0 spiro atoms. The van der Waals surface area contributed by atoms with Gasteiger partial charge in [-0.1, -0.05) is 6.07 Å². The molecule has 0 atom stereocenters. The number of nitrogens with two attached hydrogens (primary N) is 1. The van der Waals surface area contributed by atoms with Crippen molar-refractivity contribution >= 4 is 33.1 Å². The van der Waals surface area contributed by atoms with E-state index in [1.807, 2.05) is 32.0 Å². The summed E-state index contributed by atoms with van der Waals surface area (Å²) in [6.45, 7) is 3.87. The minimum atomic E-state index is 0.356. The first kappa shape index (κ1) is 11.8. The number of azo groups is 1. The van der Waals surface area contributed by atoms with Crippen LogP contribution >= 0.6 is 15.9 Å². The van der Waals surface area contributed by atoms with Gasteiger partial charge >= 0.3 is 0 Å². The minimum absolute atomic E-state index is 0.356. The van der Waals surface area contributed by atoms with Crippen LogP contribution in [0.15, 0.2) is 32.9 Å². The summed E-state index contributed by atoms with van der Waals surface area (Å²) in [4.78, 5) is 0. The molecular formula is C11H12BrN5. The topological polar surface area (TPSA) is 79.4 Å². The van der Waals surface area contributed by atoms with Crippen molar-refractivity contribution < 1.29 is 0 Å². The predicted octanol–water partition coefficient (Wildman–Crippen LogP) is 3.79. The third-order valence-electron chi connectivity index (χ3n) is 2.30. The van der Waals surface area contributed by atoms with Gasteiger partial charge in [0.05, 0.1) is 11.4 Å². The summed E-state index contributed by atoms with van der Waals surface area (Å²) in [5, 5.41) is 14.9. The largest absolute Gasteiger partial charge is 0.380 e. The van der Waals surface area contributed by atoms with Crippen LogP contribution in [0.2, 0.25) is 0 Å². The van der Waals surface area contributed by atoms with Gasteiger partial charge in [0.25, 0.3) is 0 Å². The van der Waals surface area contributed by atoms with Crippen LogP contribution in [0.3, 0.4) is 0 Å². The quantitative estimate of drug-likeness (QED) is 0.826. The summed E-state index contributed by atoms with van der Waals surface area (Å²) in [5.41, 5.74) is 8.96. The molecule has 1 aromatic carbocycles. The van der Waals surface area contributed by atoms with Crippen molar-refractivity contribution in [2.45, 2.75) is 13.8 Å². The van der Waals surface area contributed by atoms with Crippen molar-refractivity contribution in [3.63, 3.8) is 0 Å². The molecule has 2 aromatic rings. The summed E-state index contributed by atoms with van der Waals surface area (Å²) in [6.07, 6.45) is 0. The molecule has 5 nitrogen and oxygen atoms in total. The average Bonchev–Trinajstić information content (AvgIpc) is 2.58. The number of aromatic amines is 1. The average molecular weight is 294 g/mol. The van der Waals surface area contributed by atoms with Gasteiger partial charge in [0.15, 0.2) is 5.82 Å². The van der Waals surface area contributed by atoms with Crippen molar-refractivity contribution in [3.05, 3.63) is 33.9 Å². The van der Waals surface area contributed by atoms with E-state index in [9.17, 15) is 0 Å². The highest BCUT2D eigenvalue weighted by Crippen LogP contribution is 2.30. The number of H-pyrrole nitrogens is 1. The number of anilines is 1. The van der Waals surface area contributed by atoms with Crippen LogP contribution in [0.4, 0.5) is 17.2 Å². The van der Waals surface area contributed by atoms with Gasteiger partial charge in [0.2, 0.25) is 0 Å². The molecule has 2 rings (SSSR count). The zero-order chi connectivity index (χ0) is 12.4. The minimum Gasteiger partial charge on any atom is -0.380 e. The van der Waals surface area contributed by atoms with Crippen molar-refractivity contribution in [2.24, 2.45) is 10.2 Å². The van der Waals surface area contributed by atoms with Gasteiger partial charge in [0.1, 0.15) is 5.69 Å². The molecule has 17 heavy (non-hydrogen) atoms. The van der Waals surface area contributed by atoms with Crippen LogP contribution in [0.5, 0.6) is 0 Å². The fourth-order valence-corrected chi connectivity index (χ4v) is 1.94. The normalized spacial score (nSPS) is 11.2. The van der Waals surface area contributed by atoms with Crippen LogP contribution in [-0.2, 0) is 0 Å². The van der Waals surface area contributed by atoms with Crippen molar-refractivity contribution in [1.29, 1.82) is 0 Å². The number of nitrogen functional groups attached to an aromatic ring is 1. The van der Waals surface area contributed by atoms with E-state index in [1.165, 1.54) is 0 Å². The molecule has 0 amide bonds. The van der Waals surface area contributed by atoms with Crippen LogP contribution in [0, 0.1) is 13.8 Å². The monoisotopic (exact) mass is 293 g/mol. The lowest BCUT2D eigenvalue weighted by atomic mass is 10.2. The Balaban J connectivity index is 2.32. The van der Waals surface area contributed by atoms with E-state index in [1.54, 1.807) is 0 Å². The van der Waals surface area contributed by atoms with Crippen molar-refractivity contribution in [3.8, 4) is 0 Å². The lowest BCUT2D eigenvalue weighted by Crippen LogP contribution is -1.83. The molecule has 88 valence electrons. The number of aromatic nitrogens is 2. The first-order valence-electron chi connectivity index (χ1n) is 5.06.